The van der Waals surface area contributed by atoms with Crippen LogP contribution < -0.4 is 4.74 Å². The summed E-state index contributed by atoms with van der Waals surface area (Å²) in [5.74, 6) is 1.70. The fourth-order valence-corrected chi connectivity index (χ4v) is 5.51. The summed E-state index contributed by atoms with van der Waals surface area (Å²) in [5.41, 5.74) is 9.17. The van der Waals surface area contributed by atoms with E-state index in [2.05, 4.69) is 70.8 Å². The van der Waals surface area contributed by atoms with Crippen LogP contribution in [0.25, 0.3) is 32.4 Å². The second kappa shape index (κ2) is 9.21. The number of fused-ring (bicyclic) bond motifs is 2. The first-order chi connectivity index (χ1) is 17.5. The van der Waals surface area contributed by atoms with Gasteiger partial charge < -0.3 is 9.30 Å². The predicted octanol–water partition coefficient (Wildman–Crippen LogP) is 7.26. The monoisotopic (exact) mass is 490 g/mol. The van der Waals surface area contributed by atoms with Crippen LogP contribution in [0.15, 0.2) is 79.1 Å². The Balaban J connectivity index is 1.41. The number of rotatable bonds is 6. The van der Waals surface area contributed by atoms with E-state index in [0.29, 0.717) is 6.61 Å². The third-order valence-electron chi connectivity index (χ3n) is 6.64. The lowest BCUT2D eigenvalue weighted by Crippen LogP contribution is -2.10. The van der Waals surface area contributed by atoms with Gasteiger partial charge >= 0.3 is 0 Å². The minimum Gasteiger partial charge on any atom is -0.486 e. The first-order valence-corrected chi connectivity index (χ1v) is 12.8. The van der Waals surface area contributed by atoms with Crippen molar-refractivity contribution < 1.29 is 4.74 Å². The number of aryl methyl sites for hydroxylation is 3. The quantitative estimate of drug-likeness (QED) is 0.247. The molecule has 3 aromatic carbocycles. The number of aromatic nitrogens is 4. The SMILES string of the molecule is Cc1nc2cc(OCc3nc4ccc(-c5ccncc5)cc4n3Cc3c(C)cccc3C)ccc2s1. The third-order valence-corrected chi connectivity index (χ3v) is 7.59. The molecule has 0 unspecified atom stereocenters. The first-order valence-electron chi connectivity index (χ1n) is 12.0. The molecule has 5 nitrogen and oxygen atoms in total. The van der Waals surface area contributed by atoms with E-state index in [-0.39, 0.29) is 0 Å². The van der Waals surface area contributed by atoms with E-state index in [1.807, 2.05) is 43.6 Å². The van der Waals surface area contributed by atoms with Crippen LogP contribution in [0.2, 0.25) is 0 Å². The Labute approximate surface area is 214 Å². The van der Waals surface area contributed by atoms with Gasteiger partial charge in [-0.15, -0.1) is 11.3 Å². The molecule has 3 aromatic heterocycles. The maximum atomic E-state index is 6.27. The van der Waals surface area contributed by atoms with Crippen LogP contribution in [-0.4, -0.2) is 19.5 Å². The summed E-state index contributed by atoms with van der Waals surface area (Å²) in [6, 6.07) is 23.1. The molecule has 3 heterocycles. The molecule has 6 rings (SSSR count). The smallest absolute Gasteiger partial charge is 0.148 e. The highest BCUT2D eigenvalue weighted by Gasteiger charge is 2.15. The fourth-order valence-electron chi connectivity index (χ4n) is 4.70. The van der Waals surface area contributed by atoms with Gasteiger partial charge in [-0.1, -0.05) is 24.3 Å². The van der Waals surface area contributed by atoms with Gasteiger partial charge in [0, 0.05) is 25.0 Å². The molecule has 0 saturated heterocycles. The zero-order valence-corrected chi connectivity index (χ0v) is 21.3. The highest BCUT2D eigenvalue weighted by molar-refractivity contribution is 7.18. The Bertz CT molecular complexity index is 1680. The van der Waals surface area contributed by atoms with Gasteiger partial charge in [0.05, 0.1) is 26.3 Å². The number of thiazole rings is 1. The average molecular weight is 491 g/mol. The zero-order valence-electron chi connectivity index (χ0n) is 20.5. The van der Waals surface area contributed by atoms with E-state index in [0.717, 1.165) is 50.8 Å². The van der Waals surface area contributed by atoms with E-state index in [4.69, 9.17) is 9.72 Å². The van der Waals surface area contributed by atoms with Crippen molar-refractivity contribution in [1.82, 2.24) is 19.5 Å². The topological polar surface area (TPSA) is 52.8 Å². The molecular formula is C30H26N4OS. The average Bonchev–Trinajstić information content (AvgIpc) is 3.43. The van der Waals surface area contributed by atoms with Gasteiger partial charge in [-0.2, -0.15) is 0 Å². The molecule has 0 spiro atoms. The molecular weight excluding hydrogens is 464 g/mol. The van der Waals surface area contributed by atoms with E-state index < -0.39 is 0 Å². The van der Waals surface area contributed by atoms with Gasteiger partial charge in [-0.3, -0.25) is 4.98 Å². The molecule has 36 heavy (non-hydrogen) atoms. The van der Waals surface area contributed by atoms with Crippen LogP contribution in [0, 0.1) is 20.8 Å². The Morgan fingerprint density at radius 1 is 0.806 bits per heavy atom. The van der Waals surface area contributed by atoms with Gasteiger partial charge in [0.15, 0.2) is 0 Å². The van der Waals surface area contributed by atoms with Crippen molar-refractivity contribution in [2.45, 2.75) is 33.9 Å². The molecule has 0 aliphatic heterocycles. The van der Waals surface area contributed by atoms with E-state index in [9.17, 15) is 0 Å². The number of hydrogen-bond donors (Lipinski definition) is 0. The number of pyridine rings is 1. The lowest BCUT2D eigenvalue weighted by atomic mass is 10.0. The van der Waals surface area contributed by atoms with Crippen molar-refractivity contribution in [1.29, 1.82) is 0 Å². The Morgan fingerprint density at radius 2 is 1.61 bits per heavy atom. The Kier molecular flexibility index (Phi) is 5.74. The zero-order chi connectivity index (χ0) is 24.6. The summed E-state index contributed by atoms with van der Waals surface area (Å²) in [5, 5.41) is 1.06. The largest absolute Gasteiger partial charge is 0.486 e. The van der Waals surface area contributed by atoms with Crippen molar-refractivity contribution in [3.63, 3.8) is 0 Å². The maximum Gasteiger partial charge on any atom is 0.148 e. The molecule has 0 amide bonds. The second-order valence-electron chi connectivity index (χ2n) is 9.08. The number of hydrogen-bond acceptors (Lipinski definition) is 5. The summed E-state index contributed by atoms with van der Waals surface area (Å²) in [4.78, 5) is 13.8. The lowest BCUT2D eigenvalue weighted by molar-refractivity contribution is 0.291. The number of imidazole rings is 1. The molecule has 0 N–H and O–H groups in total. The summed E-state index contributed by atoms with van der Waals surface area (Å²) in [7, 11) is 0. The molecule has 6 heteroatoms. The minimum atomic E-state index is 0.374. The van der Waals surface area contributed by atoms with E-state index >= 15 is 0 Å². The molecule has 6 aromatic rings. The van der Waals surface area contributed by atoms with Crippen molar-refractivity contribution in [2.75, 3.05) is 0 Å². The number of nitrogens with zero attached hydrogens (tertiary/aromatic N) is 4. The minimum absolute atomic E-state index is 0.374. The van der Waals surface area contributed by atoms with E-state index in [1.165, 1.54) is 21.4 Å². The molecule has 178 valence electrons. The molecule has 0 saturated carbocycles. The summed E-state index contributed by atoms with van der Waals surface area (Å²) < 4.78 is 9.73. The van der Waals surface area contributed by atoms with Gasteiger partial charge in [0.25, 0.3) is 0 Å². The van der Waals surface area contributed by atoms with Crippen molar-refractivity contribution in [3.05, 3.63) is 107 Å². The molecule has 0 atom stereocenters. The molecule has 0 bridgehead atoms. The Morgan fingerprint density at radius 3 is 2.42 bits per heavy atom. The van der Waals surface area contributed by atoms with Crippen LogP contribution in [-0.2, 0) is 13.2 Å². The number of benzene rings is 3. The van der Waals surface area contributed by atoms with Crippen molar-refractivity contribution in [2.24, 2.45) is 0 Å². The Hall–Kier alpha value is -4.03. The van der Waals surface area contributed by atoms with Crippen LogP contribution in [0.1, 0.15) is 27.5 Å². The maximum absolute atomic E-state index is 6.27. The number of ether oxygens (including phenoxy) is 1. The standard InChI is InChI=1S/C30H26N4OS/c1-19-5-4-6-20(2)25(19)17-34-28-15-23(22-11-13-31-14-12-22)7-9-26(28)33-30(34)18-35-24-8-10-29-27(16-24)32-21(3)36-29/h4-16H,17-18H2,1-3H3. The molecule has 0 aliphatic rings. The van der Waals surface area contributed by atoms with Crippen LogP contribution in [0.4, 0.5) is 0 Å². The van der Waals surface area contributed by atoms with Gasteiger partial charge in [-0.25, -0.2) is 9.97 Å². The summed E-state index contributed by atoms with van der Waals surface area (Å²) >= 11 is 1.70. The van der Waals surface area contributed by atoms with Crippen LogP contribution in [0.3, 0.4) is 0 Å². The second-order valence-corrected chi connectivity index (χ2v) is 10.3. The lowest BCUT2D eigenvalue weighted by Gasteiger charge is -2.15. The predicted molar refractivity (Wildman–Crippen MR) is 147 cm³/mol. The van der Waals surface area contributed by atoms with Crippen LogP contribution >= 0.6 is 11.3 Å². The molecule has 0 fully saturated rings. The van der Waals surface area contributed by atoms with Gasteiger partial charge in [-0.05, 0) is 85.0 Å². The molecule has 0 aliphatic carbocycles. The third kappa shape index (κ3) is 4.25. The van der Waals surface area contributed by atoms with E-state index in [1.54, 1.807) is 11.3 Å². The van der Waals surface area contributed by atoms with Gasteiger partial charge in [0.1, 0.15) is 18.2 Å². The normalized spacial score (nSPS) is 11.4. The first kappa shape index (κ1) is 22.4. The van der Waals surface area contributed by atoms with Crippen molar-refractivity contribution >= 4 is 32.6 Å². The fraction of sp³-hybridized carbons (Fsp3) is 0.167. The van der Waals surface area contributed by atoms with Gasteiger partial charge in [0.2, 0.25) is 0 Å². The van der Waals surface area contributed by atoms with Crippen LogP contribution in [0.5, 0.6) is 5.75 Å². The highest BCUT2D eigenvalue weighted by Crippen LogP contribution is 2.29. The van der Waals surface area contributed by atoms with Crippen molar-refractivity contribution in [3.8, 4) is 16.9 Å². The summed E-state index contributed by atoms with van der Waals surface area (Å²) in [6.45, 7) is 7.48. The molecule has 0 radical (unpaired) electrons. The summed E-state index contributed by atoms with van der Waals surface area (Å²) in [6.07, 6.45) is 3.65. The highest BCUT2D eigenvalue weighted by atomic mass is 32.1.